The number of carbonyl (C=O) groups excluding carboxylic acids is 1. The van der Waals surface area contributed by atoms with Gasteiger partial charge in [0.05, 0.1) is 11.6 Å². The second-order valence-corrected chi connectivity index (χ2v) is 9.67. The first-order valence-electron chi connectivity index (χ1n) is 14.0. The molecule has 0 aromatic carbocycles. The summed E-state index contributed by atoms with van der Waals surface area (Å²) in [6.45, 7) is 18.9. The molecule has 0 spiro atoms. The minimum Gasteiger partial charge on any atom is -0.370 e. The van der Waals surface area contributed by atoms with E-state index in [1.807, 2.05) is 33.8 Å². The lowest BCUT2D eigenvalue weighted by Crippen LogP contribution is -2.26. The zero-order valence-corrected chi connectivity index (χ0v) is 26.1. The number of amides is 1. The summed E-state index contributed by atoms with van der Waals surface area (Å²) in [6.07, 6.45) is 10.8. The van der Waals surface area contributed by atoms with E-state index in [0.717, 1.165) is 24.8 Å². The van der Waals surface area contributed by atoms with Gasteiger partial charge in [-0.25, -0.2) is 9.37 Å². The van der Waals surface area contributed by atoms with E-state index >= 15 is 4.39 Å². The van der Waals surface area contributed by atoms with Crippen molar-refractivity contribution in [3.8, 4) is 0 Å². The molecule has 1 heterocycles. The largest absolute Gasteiger partial charge is 0.370 e. The van der Waals surface area contributed by atoms with Crippen LogP contribution in [0.2, 0.25) is 0 Å². The van der Waals surface area contributed by atoms with Crippen molar-refractivity contribution in [2.75, 3.05) is 32.1 Å². The fourth-order valence-corrected chi connectivity index (χ4v) is 3.97. The van der Waals surface area contributed by atoms with Crippen LogP contribution in [-0.4, -0.2) is 48.3 Å². The smallest absolute Gasteiger partial charge is 0.251 e. The highest BCUT2D eigenvalue weighted by molar-refractivity contribution is 6.33. The van der Waals surface area contributed by atoms with E-state index < -0.39 is 11.9 Å². The average molecular weight is 589 g/mol. The number of nitrogens with one attached hydrogen (secondary N) is 2. The lowest BCUT2D eigenvalue weighted by atomic mass is 10.1. The molecule has 1 rings (SSSR count). The SMILES string of the molecule is C=C(/C=C\C(C(=O)NCCC)=C(/C)CC)Nc1nccn(C(=C)C(=C\CCC)/C(Cl)=C(/F)C(C)OCCN)/c1=N\C. The second-order valence-electron chi connectivity index (χ2n) is 9.30. The van der Waals surface area contributed by atoms with Crippen LogP contribution in [0.3, 0.4) is 0 Å². The Kier molecular flexibility index (Phi) is 16.5. The molecule has 1 unspecified atom stereocenters. The Morgan fingerprint density at radius 1 is 1.29 bits per heavy atom. The van der Waals surface area contributed by atoms with E-state index in [2.05, 4.69) is 33.8 Å². The Labute approximate surface area is 249 Å². The average Bonchev–Trinajstić information content (AvgIpc) is 2.97. The van der Waals surface area contributed by atoms with Gasteiger partial charge in [-0.1, -0.05) is 63.6 Å². The highest BCUT2D eigenvalue weighted by Crippen LogP contribution is 2.31. The molecule has 0 aliphatic carbocycles. The van der Waals surface area contributed by atoms with Gasteiger partial charge in [0.25, 0.3) is 5.91 Å². The zero-order chi connectivity index (χ0) is 30.9. The Morgan fingerprint density at radius 2 is 2.00 bits per heavy atom. The molecule has 1 aromatic heterocycles. The maximum absolute atomic E-state index is 15.2. The first kappa shape index (κ1) is 35.8. The van der Waals surface area contributed by atoms with Crippen molar-refractivity contribution in [1.29, 1.82) is 0 Å². The van der Waals surface area contributed by atoms with Gasteiger partial charge in [-0.15, -0.1) is 0 Å². The Hall–Kier alpha value is -3.27. The number of anilines is 1. The second kappa shape index (κ2) is 19.0. The minimum absolute atomic E-state index is 0.0897. The van der Waals surface area contributed by atoms with Gasteiger partial charge in [-0.05, 0) is 45.3 Å². The zero-order valence-electron chi connectivity index (χ0n) is 25.3. The van der Waals surface area contributed by atoms with Crippen molar-refractivity contribution in [3.63, 3.8) is 0 Å². The van der Waals surface area contributed by atoms with Crippen LogP contribution in [-0.2, 0) is 9.53 Å². The monoisotopic (exact) mass is 588 g/mol. The lowest BCUT2D eigenvalue weighted by molar-refractivity contribution is -0.117. The molecule has 0 saturated carbocycles. The number of aromatic nitrogens is 2. The molecule has 0 saturated heterocycles. The summed E-state index contributed by atoms with van der Waals surface area (Å²) in [6, 6.07) is 0. The molecule has 1 atom stereocenters. The number of carbonyl (C=O) groups is 1. The number of allylic oxidation sites excluding steroid dienone is 6. The molecule has 0 fully saturated rings. The molecule has 41 heavy (non-hydrogen) atoms. The third-order valence-electron chi connectivity index (χ3n) is 6.10. The number of hydrogen-bond acceptors (Lipinski definition) is 6. The number of unbranched alkanes of at least 4 members (excludes halogenated alkanes) is 1. The number of nitrogens with zero attached hydrogens (tertiary/aromatic N) is 3. The van der Waals surface area contributed by atoms with Crippen LogP contribution < -0.4 is 21.9 Å². The molecule has 10 heteroatoms. The first-order valence-corrected chi connectivity index (χ1v) is 14.3. The highest BCUT2D eigenvalue weighted by atomic mass is 35.5. The molecule has 0 bridgehead atoms. The van der Waals surface area contributed by atoms with E-state index in [9.17, 15) is 4.79 Å². The van der Waals surface area contributed by atoms with Crippen LogP contribution in [0.4, 0.5) is 10.2 Å². The fraction of sp³-hybridized carbons (Fsp3) is 0.452. The van der Waals surface area contributed by atoms with E-state index in [1.165, 1.54) is 0 Å². The number of rotatable bonds is 17. The maximum atomic E-state index is 15.2. The number of nitrogens with two attached hydrogens (primary N) is 1. The van der Waals surface area contributed by atoms with Crippen molar-refractivity contribution in [1.82, 2.24) is 14.9 Å². The summed E-state index contributed by atoms with van der Waals surface area (Å²) in [5.41, 5.74) is 8.79. The molecule has 1 amide bonds. The third-order valence-corrected chi connectivity index (χ3v) is 6.48. The normalized spacial score (nSPS) is 14.5. The van der Waals surface area contributed by atoms with Gasteiger partial charge in [0.2, 0.25) is 0 Å². The lowest BCUT2D eigenvalue weighted by Gasteiger charge is -2.18. The Morgan fingerprint density at radius 3 is 2.59 bits per heavy atom. The van der Waals surface area contributed by atoms with Gasteiger partial charge >= 0.3 is 0 Å². The van der Waals surface area contributed by atoms with Crippen molar-refractivity contribution >= 4 is 29.0 Å². The topological polar surface area (TPSA) is 107 Å². The highest BCUT2D eigenvalue weighted by Gasteiger charge is 2.20. The van der Waals surface area contributed by atoms with Gasteiger partial charge in [-0.3, -0.25) is 14.4 Å². The standard InChI is InChI=1S/C31H46ClFN6O2/c1-9-12-13-26(27(32)28(33)24(7)41-20-16-34)23(6)39-19-18-36-29(30(39)35-8)38-22(5)14-15-25(21(4)11-3)31(40)37-17-10-2/h13-15,18-19,24H,5-6,9-12,16-17,20,34H2,1-4,7-8H3,(H,36,38)(H,37,40)/b15-14-,25-21-,26-13+,28-27-,35-30-. The molecule has 0 radical (unpaired) electrons. The first-order chi connectivity index (χ1) is 19.6. The molecule has 0 aliphatic heterocycles. The molecule has 0 aliphatic rings. The summed E-state index contributed by atoms with van der Waals surface area (Å²) < 4.78 is 22.4. The minimum atomic E-state index is -0.867. The van der Waals surface area contributed by atoms with E-state index in [-0.39, 0.29) is 24.1 Å². The van der Waals surface area contributed by atoms with Gasteiger partial charge < -0.3 is 21.1 Å². The van der Waals surface area contributed by atoms with Crippen molar-refractivity contribution in [2.24, 2.45) is 10.7 Å². The van der Waals surface area contributed by atoms with Crippen LogP contribution in [0.15, 0.2) is 82.0 Å². The number of ether oxygens (including phenoxy) is 1. The Bertz CT molecular complexity index is 1260. The van der Waals surface area contributed by atoms with Crippen LogP contribution in [0, 0.1) is 0 Å². The summed E-state index contributed by atoms with van der Waals surface area (Å²) in [5.74, 6) is -0.342. The van der Waals surface area contributed by atoms with Gasteiger partial charge in [0.1, 0.15) is 11.9 Å². The molecular weight excluding hydrogens is 543 g/mol. The summed E-state index contributed by atoms with van der Waals surface area (Å²) >= 11 is 6.57. The molecule has 1 aromatic rings. The summed E-state index contributed by atoms with van der Waals surface area (Å²) in [4.78, 5) is 21.5. The van der Waals surface area contributed by atoms with Crippen LogP contribution in [0.25, 0.3) is 5.70 Å². The molecule has 8 nitrogen and oxygen atoms in total. The third kappa shape index (κ3) is 10.9. The Balaban J connectivity index is 3.42. The molecular formula is C31H46ClFN6O2. The van der Waals surface area contributed by atoms with Crippen LogP contribution in [0.5, 0.6) is 0 Å². The van der Waals surface area contributed by atoms with Gasteiger partial charge in [0, 0.05) is 55.1 Å². The molecule has 226 valence electrons. The van der Waals surface area contributed by atoms with Gasteiger partial charge in [-0.2, -0.15) is 0 Å². The quantitative estimate of drug-likeness (QED) is 0.150. The summed E-state index contributed by atoms with van der Waals surface area (Å²) in [5, 5.41) is 5.98. The van der Waals surface area contributed by atoms with Crippen molar-refractivity contribution < 1.29 is 13.9 Å². The number of halogens is 2. The predicted octanol–water partition coefficient (Wildman–Crippen LogP) is 6.13. The van der Waals surface area contributed by atoms with Gasteiger partial charge in [0.15, 0.2) is 11.3 Å². The fourth-order valence-electron chi connectivity index (χ4n) is 3.63. The maximum Gasteiger partial charge on any atom is 0.251 e. The summed E-state index contributed by atoms with van der Waals surface area (Å²) in [7, 11) is 1.62. The van der Waals surface area contributed by atoms with Crippen molar-refractivity contribution in [3.05, 3.63) is 82.5 Å². The van der Waals surface area contributed by atoms with Crippen LogP contribution >= 0.6 is 11.6 Å². The van der Waals surface area contributed by atoms with E-state index in [0.29, 0.717) is 46.8 Å². The predicted molar refractivity (Wildman–Crippen MR) is 169 cm³/mol. The van der Waals surface area contributed by atoms with Crippen LogP contribution in [0.1, 0.15) is 60.3 Å². The number of hydrogen-bond donors (Lipinski definition) is 3. The molecule has 4 N–H and O–H groups in total. The van der Waals surface area contributed by atoms with E-state index in [4.69, 9.17) is 22.1 Å². The van der Waals surface area contributed by atoms with Crippen molar-refractivity contribution in [2.45, 2.75) is 66.4 Å². The van der Waals surface area contributed by atoms with E-state index in [1.54, 1.807) is 43.1 Å².